The molecule has 0 aliphatic carbocycles. The Morgan fingerprint density at radius 3 is 2.76 bits per heavy atom. The zero-order chi connectivity index (χ0) is 15.1. The third-order valence-corrected chi connectivity index (χ3v) is 4.51. The molecule has 21 heavy (non-hydrogen) atoms. The van der Waals surface area contributed by atoms with Gasteiger partial charge in [-0.15, -0.1) is 0 Å². The highest BCUT2D eigenvalue weighted by Crippen LogP contribution is 2.16. The first-order chi connectivity index (χ1) is 10.1. The number of piperidine rings is 1. The number of nitrogens with one attached hydrogen (secondary N) is 1. The first-order valence-electron chi connectivity index (χ1n) is 8.37. The molecule has 1 aliphatic rings. The van der Waals surface area contributed by atoms with E-state index in [0.717, 1.165) is 19.0 Å². The van der Waals surface area contributed by atoms with Crippen molar-refractivity contribution in [2.75, 3.05) is 19.6 Å². The predicted octanol–water partition coefficient (Wildman–Crippen LogP) is 3.61. The number of likely N-dealkylation sites (tertiary alicyclic amines) is 1. The first kappa shape index (κ1) is 16.4. The smallest absolute Gasteiger partial charge is 0.123 e. The topological polar surface area (TPSA) is 15.3 Å². The molecule has 2 nitrogen and oxygen atoms in total. The minimum atomic E-state index is -0.157. The Balaban J connectivity index is 1.60. The van der Waals surface area contributed by atoms with E-state index in [1.807, 2.05) is 12.1 Å². The highest BCUT2D eigenvalue weighted by atomic mass is 19.1. The Bertz CT molecular complexity index is 404. The van der Waals surface area contributed by atoms with Crippen molar-refractivity contribution in [2.24, 2.45) is 0 Å². The third-order valence-electron chi connectivity index (χ3n) is 4.51. The van der Waals surface area contributed by atoms with Gasteiger partial charge in [-0.05, 0) is 76.9 Å². The third kappa shape index (κ3) is 5.76. The Hall–Kier alpha value is -0.930. The molecule has 1 N–H and O–H groups in total. The maximum Gasteiger partial charge on any atom is 0.123 e. The fraction of sp³-hybridized carbons (Fsp3) is 0.667. The number of hydrogen-bond acceptors (Lipinski definition) is 2. The highest BCUT2D eigenvalue weighted by Gasteiger charge is 2.17. The molecule has 2 atom stereocenters. The molecule has 0 spiro atoms. The van der Waals surface area contributed by atoms with Crippen LogP contribution in [0.4, 0.5) is 4.39 Å². The summed E-state index contributed by atoms with van der Waals surface area (Å²) in [5.41, 5.74) is 1.20. The number of nitrogens with zero attached hydrogens (tertiary/aromatic N) is 1. The summed E-state index contributed by atoms with van der Waals surface area (Å²) in [5, 5.41) is 3.58. The lowest BCUT2D eigenvalue weighted by molar-refractivity contribution is 0.158. The highest BCUT2D eigenvalue weighted by molar-refractivity contribution is 5.16. The molecule has 1 fully saturated rings. The molecule has 0 bridgehead atoms. The molecule has 0 aromatic heterocycles. The summed E-state index contributed by atoms with van der Waals surface area (Å²) in [6.07, 6.45) is 6.27. The van der Waals surface area contributed by atoms with E-state index >= 15 is 0 Å². The Kier molecular flexibility index (Phi) is 6.65. The van der Waals surface area contributed by atoms with Gasteiger partial charge >= 0.3 is 0 Å². The van der Waals surface area contributed by atoms with Crippen LogP contribution in [0.2, 0.25) is 0 Å². The van der Waals surface area contributed by atoms with Crippen LogP contribution < -0.4 is 5.32 Å². The van der Waals surface area contributed by atoms with E-state index in [1.165, 1.54) is 44.3 Å². The van der Waals surface area contributed by atoms with Crippen molar-refractivity contribution in [1.82, 2.24) is 10.2 Å². The van der Waals surface area contributed by atoms with Crippen molar-refractivity contribution in [3.63, 3.8) is 0 Å². The molecule has 2 rings (SSSR count). The summed E-state index contributed by atoms with van der Waals surface area (Å²) in [5.74, 6) is -0.157. The van der Waals surface area contributed by atoms with Gasteiger partial charge in [-0.25, -0.2) is 4.39 Å². The van der Waals surface area contributed by atoms with Crippen molar-refractivity contribution in [3.05, 3.63) is 35.6 Å². The summed E-state index contributed by atoms with van der Waals surface area (Å²) in [6.45, 7) is 8.09. The second kappa shape index (κ2) is 8.50. The molecule has 1 aliphatic heterocycles. The minimum absolute atomic E-state index is 0.157. The van der Waals surface area contributed by atoms with Gasteiger partial charge in [0, 0.05) is 12.1 Å². The van der Waals surface area contributed by atoms with E-state index < -0.39 is 0 Å². The zero-order valence-electron chi connectivity index (χ0n) is 13.4. The normalized spacial score (nSPS) is 21.4. The van der Waals surface area contributed by atoms with Crippen LogP contribution in [0.5, 0.6) is 0 Å². The molecule has 2 unspecified atom stereocenters. The summed E-state index contributed by atoms with van der Waals surface area (Å²) in [4.78, 5) is 2.62. The van der Waals surface area contributed by atoms with Crippen LogP contribution in [0.25, 0.3) is 0 Å². The second-order valence-corrected chi connectivity index (χ2v) is 6.42. The fourth-order valence-corrected chi connectivity index (χ4v) is 3.17. The lowest BCUT2D eigenvalue weighted by atomic mass is 10.0. The molecular weight excluding hydrogens is 263 g/mol. The number of benzene rings is 1. The van der Waals surface area contributed by atoms with Crippen molar-refractivity contribution in [2.45, 2.75) is 58.0 Å². The zero-order valence-corrected chi connectivity index (χ0v) is 13.4. The molecular formula is C18H29FN2. The van der Waals surface area contributed by atoms with Gasteiger partial charge in [0.2, 0.25) is 0 Å². The average molecular weight is 292 g/mol. The van der Waals surface area contributed by atoms with Crippen LogP contribution in [-0.2, 0) is 6.42 Å². The quantitative estimate of drug-likeness (QED) is 0.772. The average Bonchev–Trinajstić information content (AvgIpc) is 2.48. The number of rotatable bonds is 7. The molecule has 1 aromatic carbocycles. The monoisotopic (exact) mass is 292 g/mol. The molecule has 118 valence electrons. The van der Waals surface area contributed by atoms with Crippen LogP contribution >= 0.6 is 0 Å². The summed E-state index contributed by atoms with van der Waals surface area (Å²) < 4.78 is 12.9. The van der Waals surface area contributed by atoms with E-state index in [0.29, 0.717) is 6.04 Å². The van der Waals surface area contributed by atoms with Crippen molar-refractivity contribution >= 4 is 0 Å². The Morgan fingerprint density at radius 2 is 2.05 bits per heavy atom. The van der Waals surface area contributed by atoms with E-state index in [-0.39, 0.29) is 5.82 Å². The van der Waals surface area contributed by atoms with E-state index in [9.17, 15) is 4.39 Å². The maximum atomic E-state index is 12.9. The maximum absolute atomic E-state index is 12.9. The number of halogens is 1. The minimum Gasteiger partial charge on any atom is -0.314 e. The molecule has 0 amide bonds. The van der Waals surface area contributed by atoms with Gasteiger partial charge in [-0.3, -0.25) is 0 Å². The molecule has 1 heterocycles. The largest absolute Gasteiger partial charge is 0.314 e. The van der Waals surface area contributed by atoms with E-state index in [2.05, 4.69) is 24.1 Å². The van der Waals surface area contributed by atoms with E-state index in [4.69, 9.17) is 0 Å². The van der Waals surface area contributed by atoms with Gasteiger partial charge in [-0.2, -0.15) is 0 Å². The molecule has 1 aromatic rings. The fourth-order valence-electron chi connectivity index (χ4n) is 3.17. The van der Waals surface area contributed by atoms with Gasteiger partial charge in [0.05, 0.1) is 0 Å². The van der Waals surface area contributed by atoms with Crippen molar-refractivity contribution in [1.29, 1.82) is 0 Å². The van der Waals surface area contributed by atoms with Crippen LogP contribution in [0.3, 0.4) is 0 Å². The number of hydrogen-bond donors (Lipinski definition) is 1. The van der Waals surface area contributed by atoms with Crippen LogP contribution in [0.15, 0.2) is 24.3 Å². The lowest BCUT2D eigenvalue weighted by Crippen LogP contribution is -2.39. The SMILES string of the molecule is CC(Cc1ccc(F)cc1)NCCCN1CCCCC1C. The van der Waals surface area contributed by atoms with Gasteiger partial charge in [0.15, 0.2) is 0 Å². The molecule has 0 radical (unpaired) electrons. The van der Waals surface area contributed by atoms with Gasteiger partial charge in [0.25, 0.3) is 0 Å². The predicted molar refractivity (Wildman–Crippen MR) is 87.1 cm³/mol. The molecule has 3 heteroatoms. The molecule has 0 saturated carbocycles. The van der Waals surface area contributed by atoms with Crippen molar-refractivity contribution < 1.29 is 4.39 Å². The Morgan fingerprint density at radius 1 is 1.29 bits per heavy atom. The van der Waals surface area contributed by atoms with Gasteiger partial charge in [-0.1, -0.05) is 18.6 Å². The van der Waals surface area contributed by atoms with Crippen LogP contribution in [0.1, 0.15) is 45.1 Å². The standard InChI is InChI=1S/C18H29FN2/c1-15(14-17-7-9-18(19)10-8-17)20-11-5-13-21-12-4-3-6-16(21)2/h7-10,15-16,20H,3-6,11-14H2,1-2H3. The first-order valence-corrected chi connectivity index (χ1v) is 8.37. The summed E-state index contributed by atoms with van der Waals surface area (Å²) in [7, 11) is 0. The van der Waals surface area contributed by atoms with E-state index in [1.54, 1.807) is 12.1 Å². The Labute approximate surface area is 128 Å². The van der Waals surface area contributed by atoms with Crippen molar-refractivity contribution in [3.8, 4) is 0 Å². The summed E-state index contributed by atoms with van der Waals surface area (Å²) >= 11 is 0. The van der Waals surface area contributed by atoms with Crippen LogP contribution in [-0.4, -0.2) is 36.6 Å². The van der Waals surface area contributed by atoms with Crippen LogP contribution in [0, 0.1) is 5.82 Å². The van der Waals surface area contributed by atoms with Gasteiger partial charge < -0.3 is 10.2 Å². The van der Waals surface area contributed by atoms with Gasteiger partial charge in [0.1, 0.15) is 5.82 Å². The molecule has 1 saturated heterocycles. The lowest BCUT2D eigenvalue weighted by Gasteiger charge is -2.33. The second-order valence-electron chi connectivity index (χ2n) is 6.42. The summed E-state index contributed by atoms with van der Waals surface area (Å²) in [6, 6.07) is 8.04.